The molecule has 19 heavy (non-hydrogen) atoms. The molecule has 0 atom stereocenters. The second kappa shape index (κ2) is 5.39. The van der Waals surface area contributed by atoms with Gasteiger partial charge in [0, 0.05) is 23.9 Å². The number of hydrogen-bond donors (Lipinski definition) is 2. The van der Waals surface area contributed by atoms with Crippen molar-refractivity contribution in [2.45, 2.75) is 6.92 Å². The topological polar surface area (TPSA) is 71.3 Å². The number of anilines is 1. The molecule has 5 nitrogen and oxygen atoms in total. The summed E-state index contributed by atoms with van der Waals surface area (Å²) in [4.78, 5) is 23.4. The predicted molar refractivity (Wildman–Crippen MR) is 71.2 cm³/mol. The fourth-order valence-corrected chi connectivity index (χ4v) is 1.68. The van der Waals surface area contributed by atoms with Crippen LogP contribution in [-0.2, 0) is 0 Å². The number of rotatable bonds is 3. The van der Waals surface area contributed by atoms with E-state index in [4.69, 9.17) is 4.42 Å². The lowest BCUT2D eigenvalue weighted by Gasteiger charge is -2.06. The summed E-state index contributed by atoms with van der Waals surface area (Å²) in [6.07, 6.45) is 1.46. The van der Waals surface area contributed by atoms with Crippen molar-refractivity contribution in [1.29, 1.82) is 0 Å². The van der Waals surface area contributed by atoms with E-state index in [0.717, 1.165) is 5.56 Å². The maximum Gasteiger partial charge on any atom is 0.291 e. The van der Waals surface area contributed by atoms with Gasteiger partial charge in [0.05, 0.1) is 6.26 Å². The van der Waals surface area contributed by atoms with Crippen LogP contribution in [0.3, 0.4) is 0 Å². The molecule has 5 heteroatoms. The number of benzene rings is 1. The van der Waals surface area contributed by atoms with E-state index in [9.17, 15) is 9.59 Å². The third kappa shape index (κ3) is 2.82. The van der Waals surface area contributed by atoms with Crippen molar-refractivity contribution in [1.82, 2.24) is 5.32 Å². The minimum atomic E-state index is -0.337. The van der Waals surface area contributed by atoms with Gasteiger partial charge in [-0.05, 0) is 31.2 Å². The lowest BCUT2D eigenvalue weighted by Crippen LogP contribution is -2.18. The maximum atomic E-state index is 11.9. The molecule has 0 aliphatic rings. The minimum Gasteiger partial charge on any atom is -0.459 e. The molecule has 0 radical (unpaired) electrons. The van der Waals surface area contributed by atoms with Crippen molar-refractivity contribution >= 4 is 17.5 Å². The average Bonchev–Trinajstić information content (AvgIpc) is 2.84. The Morgan fingerprint density at radius 1 is 1.16 bits per heavy atom. The molecule has 1 aromatic carbocycles. The lowest BCUT2D eigenvalue weighted by molar-refractivity contribution is 0.0960. The highest BCUT2D eigenvalue weighted by atomic mass is 16.3. The van der Waals surface area contributed by atoms with Gasteiger partial charge in [-0.25, -0.2) is 0 Å². The zero-order chi connectivity index (χ0) is 13.8. The van der Waals surface area contributed by atoms with Crippen molar-refractivity contribution in [2.75, 3.05) is 12.4 Å². The van der Waals surface area contributed by atoms with Gasteiger partial charge in [-0.15, -0.1) is 0 Å². The summed E-state index contributed by atoms with van der Waals surface area (Å²) in [5.41, 5.74) is 1.79. The highest BCUT2D eigenvalue weighted by Gasteiger charge is 2.13. The number of carbonyl (C=O) groups excluding carboxylic acids is 2. The number of amides is 2. The van der Waals surface area contributed by atoms with Crippen LogP contribution in [0.5, 0.6) is 0 Å². The molecule has 2 aromatic rings. The second-order valence-corrected chi connectivity index (χ2v) is 4.05. The SMILES string of the molecule is CNC(=O)c1cccc(NC(=O)c2occc2C)c1. The first-order valence-electron chi connectivity index (χ1n) is 5.79. The molecule has 2 amide bonds. The van der Waals surface area contributed by atoms with E-state index >= 15 is 0 Å². The van der Waals surface area contributed by atoms with Crippen LogP contribution in [0, 0.1) is 6.92 Å². The fraction of sp³-hybridized carbons (Fsp3) is 0.143. The zero-order valence-corrected chi connectivity index (χ0v) is 10.7. The molecule has 98 valence electrons. The largest absolute Gasteiger partial charge is 0.459 e. The van der Waals surface area contributed by atoms with Gasteiger partial charge in [-0.1, -0.05) is 6.07 Å². The fourth-order valence-electron chi connectivity index (χ4n) is 1.68. The number of carbonyl (C=O) groups is 2. The summed E-state index contributed by atoms with van der Waals surface area (Å²) < 4.78 is 5.11. The molecule has 1 heterocycles. The van der Waals surface area contributed by atoms with Crippen LogP contribution < -0.4 is 10.6 Å². The smallest absolute Gasteiger partial charge is 0.291 e. The van der Waals surface area contributed by atoms with Gasteiger partial charge >= 0.3 is 0 Å². The van der Waals surface area contributed by atoms with Gasteiger partial charge in [0.15, 0.2) is 5.76 Å². The van der Waals surface area contributed by atoms with E-state index in [-0.39, 0.29) is 17.6 Å². The molecule has 1 aromatic heterocycles. The van der Waals surface area contributed by atoms with Gasteiger partial charge < -0.3 is 15.1 Å². The van der Waals surface area contributed by atoms with Gasteiger partial charge in [-0.2, -0.15) is 0 Å². The van der Waals surface area contributed by atoms with Crippen LogP contribution in [0.25, 0.3) is 0 Å². The van der Waals surface area contributed by atoms with Crippen LogP contribution in [0.15, 0.2) is 41.0 Å². The molecule has 0 saturated heterocycles. The summed E-state index contributed by atoms with van der Waals surface area (Å²) in [5, 5.41) is 5.22. The zero-order valence-electron chi connectivity index (χ0n) is 10.7. The van der Waals surface area contributed by atoms with Crippen LogP contribution >= 0.6 is 0 Å². The molecule has 0 saturated carbocycles. The Labute approximate surface area is 110 Å². The molecular weight excluding hydrogens is 244 g/mol. The molecule has 0 aliphatic heterocycles. The van der Waals surface area contributed by atoms with Gasteiger partial charge in [-0.3, -0.25) is 9.59 Å². The summed E-state index contributed by atoms with van der Waals surface area (Å²) in [6, 6.07) is 8.41. The third-order valence-electron chi connectivity index (χ3n) is 2.68. The molecule has 0 bridgehead atoms. The second-order valence-electron chi connectivity index (χ2n) is 4.05. The van der Waals surface area contributed by atoms with Crippen LogP contribution in [0.2, 0.25) is 0 Å². The van der Waals surface area contributed by atoms with Gasteiger partial charge in [0.2, 0.25) is 0 Å². The molecular formula is C14H14N2O3. The van der Waals surface area contributed by atoms with Crippen molar-refractivity contribution in [3.63, 3.8) is 0 Å². The summed E-state index contributed by atoms with van der Waals surface area (Å²) in [7, 11) is 1.56. The third-order valence-corrected chi connectivity index (χ3v) is 2.68. The molecule has 0 unspecified atom stereocenters. The van der Waals surface area contributed by atoms with Crippen LogP contribution in [0.1, 0.15) is 26.5 Å². The van der Waals surface area contributed by atoms with E-state index in [1.807, 2.05) is 0 Å². The number of aryl methyl sites for hydroxylation is 1. The van der Waals surface area contributed by atoms with E-state index in [0.29, 0.717) is 11.3 Å². The van der Waals surface area contributed by atoms with Gasteiger partial charge in [0.1, 0.15) is 0 Å². The van der Waals surface area contributed by atoms with Crippen molar-refractivity contribution in [3.8, 4) is 0 Å². The van der Waals surface area contributed by atoms with Crippen LogP contribution in [-0.4, -0.2) is 18.9 Å². The highest BCUT2D eigenvalue weighted by molar-refractivity contribution is 6.04. The van der Waals surface area contributed by atoms with E-state index in [1.54, 1.807) is 44.3 Å². The summed E-state index contributed by atoms with van der Waals surface area (Å²) in [5.74, 6) is -0.271. The Morgan fingerprint density at radius 3 is 2.58 bits per heavy atom. The van der Waals surface area contributed by atoms with Crippen LogP contribution in [0.4, 0.5) is 5.69 Å². The monoisotopic (exact) mass is 258 g/mol. The molecule has 2 rings (SSSR count). The van der Waals surface area contributed by atoms with Gasteiger partial charge in [0.25, 0.3) is 11.8 Å². The lowest BCUT2D eigenvalue weighted by atomic mass is 10.2. The Balaban J connectivity index is 2.18. The first-order chi connectivity index (χ1) is 9.11. The summed E-state index contributed by atoms with van der Waals surface area (Å²) >= 11 is 0. The highest BCUT2D eigenvalue weighted by Crippen LogP contribution is 2.14. The molecule has 2 N–H and O–H groups in total. The number of hydrogen-bond acceptors (Lipinski definition) is 3. The Kier molecular flexibility index (Phi) is 3.66. The van der Waals surface area contributed by atoms with Crippen molar-refractivity contribution < 1.29 is 14.0 Å². The quantitative estimate of drug-likeness (QED) is 0.886. The molecule has 0 spiro atoms. The average molecular weight is 258 g/mol. The Bertz CT molecular complexity index is 617. The number of nitrogens with one attached hydrogen (secondary N) is 2. The Hall–Kier alpha value is -2.56. The van der Waals surface area contributed by atoms with E-state index in [1.165, 1.54) is 6.26 Å². The maximum absolute atomic E-state index is 11.9. The number of furan rings is 1. The standard InChI is InChI=1S/C14H14N2O3/c1-9-6-7-19-12(9)14(18)16-11-5-3-4-10(8-11)13(17)15-2/h3-8H,1-2H3,(H,15,17)(H,16,18). The van der Waals surface area contributed by atoms with Crippen molar-refractivity contribution in [2.24, 2.45) is 0 Å². The summed E-state index contributed by atoms with van der Waals surface area (Å²) in [6.45, 7) is 1.79. The Morgan fingerprint density at radius 2 is 1.95 bits per heavy atom. The van der Waals surface area contributed by atoms with E-state index in [2.05, 4.69) is 10.6 Å². The van der Waals surface area contributed by atoms with Crippen molar-refractivity contribution in [3.05, 3.63) is 53.5 Å². The first-order valence-corrected chi connectivity index (χ1v) is 5.79. The molecule has 0 fully saturated rings. The van der Waals surface area contributed by atoms with E-state index < -0.39 is 0 Å². The minimum absolute atomic E-state index is 0.203. The molecule has 0 aliphatic carbocycles. The first kappa shape index (κ1) is 12.9. The predicted octanol–water partition coefficient (Wildman–Crippen LogP) is 2.20. The normalized spacial score (nSPS) is 10.0.